The van der Waals surface area contributed by atoms with E-state index in [1.54, 1.807) is 0 Å². The van der Waals surface area contributed by atoms with Crippen molar-refractivity contribution in [3.8, 4) is 0 Å². The summed E-state index contributed by atoms with van der Waals surface area (Å²) in [5.74, 6) is 0. The molecule has 0 atom stereocenters. The Balaban J connectivity index is 2.41. The summed E-state index contributed by atoms with van der Waals surface area (Å²) in [6.45, 7) is 4.44. The molecule has 0 fully saturated rings. The minimum absolute atomic E-state index is 0.296. The fourth-order valence-electron chi connectivity index (χ4n) is 2.00. The normalized spacial score (nSPS) is 10.3. The van der Waals surface area contributed by atoms with E-state index >= 15 is 0 Å². The maximum absolute atomic E-state index is 10.6. The third-order valence-electron chi connectivity index (χ3n) is 3.11. The van der Waals surface area contributed by atoms with Gasteiger partial charge in [0.15, 0.2) is 0 Å². The molecule has 0 saturated carbocycles. The van der Waals surface area contributed by atoms with Crippen molar-refractivity contribution >= 4 is 12.0 Å². The third-order valence-corrected chi connectivity index (χ3v) is 3.11. The molecule has 1 N–H and O–H groups in total. The van der Waals surface area contributed by atoms with Crippen molar-refractivity contribution < 1.29 is 9.90 Å². The van der Waals surface area contributed by atoms with E-state index in [0.717, 1.165) is 50.6 Å². The number of carbonyl (C=O) groups excluding carboxylic acids is 1. The highest BCUT2D eigenvalue weighted by Crippen LogP contribution is 2.15. The molecule has 0 heterocycles. The standard InChI is InChI=1S/C15H23NO2/c1-2-16(11-5-3-4-6-12-17)15-9-7-14(13-18)8-10-15/h7-10,13,17H,2-6,11-12H2,1H3. The van der Waals surface area contributed by atoms with E-state index in [-0.39, 0.29) is 0 Å². The zero-order valence-electron chi connectivity index (χ0n) is 11.1. The Kier molecular flexibility index (Phi) is 7.11. The van der Waals surface area contributed by atoms with Crippen molar-refractivity contribution in [3.63, 3.8) is 0 Å². The largest absolute Gasteiger partial charge is 0.396 e. The number of nitrogens with zero attached hydrogens (tertiary/aromatic N) is 1. The van der Waals surface area contributed by atoms with E-state index in [0.29, 0.717) is 6.61 Å². The van der Waals surface area contributed by atoms with Gasteiger partial charge in [-0.05, 0) is 44.0 Å². The van der Waals surface area contributed by atoms with Gasteiger partial charge in [0.1, 0.15) is 6.29 Å². The van der Waals surface area contributed by atoms with Gasteiger partial charge in [0.25, 0.3) is 0 Å². The maximum atomic E-state index is 10.6. The van der Waals surface area contributed by atoms with Gasteiger partial charge in [0.2, 0.25) is 0 Å². The van der Waals surface area contributed by atoms with Crippen LogP contribution in [0.25, 0.3) is 0 Å². The average Bonchev–Trinajstić information content (AvgIpc) is 2.43. The Bertz CT molecular complexity index is 335. The van der Waals surface area contributed by atoms with Crippen LogP contribution in [0.2, 0.25) is 0 Å². The van der Waals surface area contributed by atoms with Gasteiger partial charge in [0, 0.05) is 30.9 Å². The first-order chi connectivity index (χ1) is 8.81. The molecule has 0 aromatic heterocycles. The summed E-state index contributed by atoms with van der Waals surface area (Å²) in [4.78, 5) is 12.9. The Labute approximate surface area is 109 Å². The van der Waals surface area contributed by atoms with Crippen molar-refractivity contribution in [2.45, 2.75) is 32.6 Å². The fourth-order valence-corrected chi connectivity index (χ4v) is 2.00. The highest BCUT2D eigenvalue weighted by Gasteiger charge is 2.03. The minimum Gasteiger partial charge on any atom is -0.396 e. The Morgan fingerprint density at radius 2 is 1.78 bits per heavy atom. The lowest BCUT2D eigenvalue weighted by molar-refractivity contribution is 0.112. The van der Waals surface area contributed by atoms with Crippen molar-refractivity contribution in [1.82, 2.24) is 0 Å². The minimum atomic E-state index is 0.296. The number of unbranched alkanes of at least 4 members (excludes halogenated alkanes) is 3. The SMILES string of the molecule is CCN(CCCCCCO)c1ccc(C=O)cc1. The quantitative estimate of drug-likeness (QED) is 0.540. The van der Waals surface area contributed by atoms with Gasteiger partial charge in [-0.25, -0.2) is 0 Å². The molecule has 18 heavy (non-hydrogen) atoms. The van der Waals surface area contributed by atoms with Crippen LogP contribution < -0.4 is 4.90 Å². The highest BCUT2D eigenvalue weighted by atomic mass is 16.2. The zero-order valence-corrected chi connectivity index (χ0v) is 11.1. The number of anilines is 1. The second-order valence-corrected chi connectivity index (χ2v) is 4.43. The van der Waals surface area contributed by atoms with Crippen LogP contribution in [0.4, 0.5) is 5.69 Å². The van der Waals surface area contributed by atoms with Crippen LogP contribution in [-0.4, -0.2) is 31.1 Å². The van der Waals surface area contributed by atoms with Gasteiger partial charge >= 0.3 is 0 Å². The van der Waals surface area contributed by atoms with Crippen LogP contribution in [0.15, 0.2) is 24.3 Å². The molecule has 0 amide bonds. The van der Waals surface area contributed by atoms with E-state index in [4.69, 9.17) is 5.11 Å². The first-order valence-electron chi connectivity index (χ1n) is 6.73. The number of benzene rings is 1. The van der Waals surface area contributed by atoms with Gasteiger partial charge in [-0.2, -0.15) is 0 Å². The van der Waals surface area contributed by atoms with Crippen LogP contribution in [0, 0.1) is 0 Å². The van der Waals surface area contributed by atoms with Gasteiger partial charge in [-0.15, -0.1) is 0 Å². The zero-order chi connectivity index (χ0) is 13.2. The second-order valence-electron chi connectivity index (χ2n) is 4.43. The van der Waals surface area contributed by atoms with Gasteiger partial charge in [0.05, 0.1) is 0 Å². The molecule has 0 saturated heterocycles. The lowest BCUT2D eigenvalue weighted by Gasteiger charge is -2.23. The number of aldehydes is 1. The van der Waals surface area contributed by atoms with Crippen LogP contribution in [0.3, 0.4) is 0 Å². The van der Waals surface area contributed by atoms with E-state index < -0.39 is 0 Å². The van der Waals surface area contributed by atoms with Crippen LogP contribution in [0.5, 0.6) is 0 Å². The molecular weight excluding hydrogens is 226 g/mol. The number of aliphatic hydroxyl groups is 1. The van der Waals surface area contributed by atoms with Crippen molar-refractivity contribution in [2.24, 2.45) is 0 Å². The molecule has 0 radical (unpaired) electrons. The van der Waals surface area contributed by atoms with Crippen LogP contribution in [-0.2, 0) is 0 Å². The summed E-state index contributed by atoms with van der Waals surface area (Å²) < 4.78 is 0. The fraction of sp³-hybridized carbons (Fsp3) is 0.533. The van der Waals surface area contributed by atoms with E-state index in [2.05, 4.69) is 11.8 Å². The van der Waals surface area contributed by atoms with Crippen molar-refractivity contribution in [3.05, 3.63) is 29.8 Å². The molecule has 1 aromatic carbocycles. The molecule has 3 heteroatoms. The monoisotopic (exact) mass is 249 g/mol. The van der Waals surface area contributed by atoms with Gasteiger partial charge in [-0.3, -0.25) is 4.79 Å². The van der Waals surface area contributed by atoms with Gasteiger partial charge in [-0.1, -0.05) is 12.8 Å². The molecular formula is C15H23NO2. The molecule has 0 aliphatic carbocycles. The van der Waals surface area contributed by atoms with E-state index in [1.807, 2.05) is 24.3 Å². The molecule has 1 rings (SSSR count). The lowest BCUT2D eigenvalue weighted by atomic mass is 10.1. The molecule has 0 aliphatic heterocycles. The summed E-state index contributed by atoms with van der Waals surface area (Å²) in [7, 11) is 0. The number of hydrogen-bond donors (Lipinski definition) is 1. The molecule has 0 unspecified atom stereocenters. The number of aliphatic hydroxyl groups excluding tert-OH is 1. The van der Waals surface area contributed by atoms with Crippen LogP contribution in [0.1, 0.15) is 43.0 Å². The van der Waals surface area contributed by atoms with Crippen LogP contribution >= 0.6 is 0 Å². The molecule has 0 aliphatic rings. The van der Waals surface area contributed by atoms with Gasteiger partial charge < -0.3 is 10.0 Å². The summed E-state index contributed by atoms with van der Waals surface area (Å²) in [5.41, 5.74) is 1.89. The molecule has 0 bridgehead atoms. The highest BCUT2D eigenvalue weighted by molar-refractivity contribution is 5.75. The number of carbonyl (C=O) groups is 1. The molecule has 100 valence electrons. The summed E-state index contributed by atoms with van der Waals surface area (Å²) >= 11 is 0. The third kappa shape index (κ3) is 4.88. The first kappa shape index (κ1) is 14.7. The van der Waals surface area contributed by atoms with E-state index in [9.17, 15) is 4.79 Å². The lowest BCUT2D eigenvalue weighted by Crippen LogP contribution is -2.23. The first-order valence-corrected chi connectivity index (χ1v) is 6.73. The number of hydrogen-bond acceptors (Lipinski definition) is 3. The maximum Gasteiger partial charge on any atom is 0.150 e. The smallest absolute Gasteiger partial charge is 0.150 e. The second kappa shape index (κ2) is 8.70. The summed E-state index contributed by atoms with van der Waals surface area (Å²) in [6.07, 6.45) is 5.17. The Morgan fingerprint density at radius 3 is 2.33 bits per heavy atom. The molecule has 3 nitrogen and oxygen atoms in total. The number of rotatable bonds is 9. The summed E-state index contributed by atoms with van der Waals surface area (Å²) in [5, 5.41) is 8.71. The summed E-state index contributed by atoms with van der Waals surface area (Å²) in [6, 6.07) is 7.72. The molecule has 0 spiro atoms. The average molecular weight is 249 g/mol. The predicted octanol–water partition coefficient (Wildman–Crippen LogP) is 2.88. The van der Waals surface area contributed by atoms with Crippen molar-refractivity contribution in [1.29, 1.82) is 0 Å². The Hall–Kier alpha value is -1.35. The molecule has 1 aromatic rings. The van der Waals surface area contributed by atoms with E-state index in [1.165, 1.54) is 5.69 Å². The predicted molar refractivity (Wildman–Crippen MR) is 75.3 cm³/mol. The Morgan fingerprint density at radius 1 is 1.11 bits per heavy atom. The van der Waals surface area contributed by atoms with Crippen molar-refractivity contribution in [2.75, 3.05) is 24.6 Å². The topological polar surface area (TPSA) is 40.5 Å².